The summed E-state index contributed by atoms with van der Waals surface area (Å²) in [5, 5.41) is 15.3. The van der Waals surface area contributed by atoms with Crippen molar-refractivity contribution in [2.75, 3.05) is 18.5 Å². The molecule has 0 aliphatic heterocycles. The highest BCUT2D eigenvalue weighted by molar-refractivity contribution is 7.15. The molecule has 0 bridgehead atoms. The summed E-state index contributed by atoms with van der Waals surface area (Å²) in [5.41, 5.74) is 0.582. The van der Waals surface area contributed by atoms with E-state index in [1.54, 1.807) is 26.0 Å². The number of benzene rings is 1. The first kappa shape index (κ1) is 21.1. The number of carbonyl (C=O) groups is 2. The van der Waals surface area contributed by atoms with Gasteiger partial charge in [-0.2, -0.15) is 9.78 Å². The zero-order chi connectivity index (χ0) is 21.7. The van der Waals surface area contributed by atoms with Gasteiger partial charge in [0.1, 0.15) is 5.01 Å². The molecule has 0 atom stereocenters. The highest BCUT2D eigenvalue weighted by Crippen LogP contribution is 2.18. The number of para-hydroxylation sites is 1. The second-order valence-electron chi connectivity index (χ2n) is 6.08. The third-order valence-corrected chi connectivity index (χ3v) is 4.59. The van der Waals surface area contributed by atoms with Crippen LogP contribution in [0.2, 0.25) is 0 Å². The highest BCUT2D eigenvalue weighted by Gasteiger charge is 2.21. The van der Waals surface area contributed by atoms with Gasteiger partial charge in [-0.05, 0) is 32.4 Å². The fraction of sp³-hybridized carbons (Fsp3) is 0.263. The molecular formula is C19H19N5O5S. The predicted octanol–water partition coefficient (Wildman–Crippen LogP) is 1.90. The van der Waals surface area contributed by atoms with E-state index in [1.165, 1.54) is 11.3 Å². The number of anilines is 1. The Morgan fingerprint density at radius 2 is 1.97 bits per heavy atom. The molecule has 3 aromatic rings. The van der Waals surface area contributed by atoms with Crippen LogP contribution < -0.4 is 15.6 Å². The van der Waals surface area contributed by atoms with Crippen LogP contribution in [-0.4, -0.2) is 45.1 Å². The van der Waals surface area contributed by atoms with Crippen LogP contribution in [0.15, 0.2) is 35.1 Å². The number of hydrogen-bond donors (Lipinski definition) is 1. The van der Waals surface area contributed by atoms with Crippen molar-refractivity contribution in [1.29, 1.82) is 0 Å². The van der Waals surface area contributed by atoms with Gasteiger partial charge in [0.2, 0.25) is 10.8 Å². The molecule has 0 aliphatic carbocycles. The molecule has 2 aromatic heterocycles. The van der Waals surface area contributed by atoms with Crippen LogP contribution in [-0.2, 0) is 9.53 Å². The number of nitrogens with one attached hydrogen (secondary N) is 1. The molecule has 156 valence electrons. The van der Waals surface area contributed by atoms with Crippen LogP contribution in [0.5, 0.6) is 5.75 Å². The Balaban J connectivity index is 1.88. The minimum atomic E-state index is -0.769. The number of amides is 1. The number of ether oxygens (including phenoxy) is 2. The first-order valence-corrected chi connectivity index (χ1v) is 9.81. The Hall–Kier alpha value is -3.60. The smallest absolute Gasteiger partial charge is 0.362 e. The van der Waals surface area contributed by atoms with Gasteiger partial charge in [0.15, 0.2) is 12.4 Å². The summed E-state index contributed by atoms with van der Waals surface area (Å²) >= 11 is 1.21. The Bertz CT molecular complexity index is 1140. The fourth-order valence-electron chi connectivity index (χ4n) is 2.51. The normalized spacial score (nSPS) is 10.5. The summed E-state index contributed by atoms with van der Waals surface area (Å²) < 4.78 is 11.5. The lowest BCUT2D eigenvalue weighted by Gasteiger charge is -2.13. The van der Waals surface area contributed by atoms with Crippen molar-refractivity contribution < 1.29 is 19.1 Å². The number of esters is 1. The molecule has 3 rings (SSSR count). The van der Waals surface area contributed by atoms with Crippen LogP contribution in [0.4, 0.5) is 5.13 Å². The van der Waals surface area contributed by atoms with E-state index < -0.39 is 24.0 Å². The first-order chi connectivity index (χ1) is 14.4. The van der Waals surface area contributed by atoms with Crippen LogP contribution in [0.1, 0.15) is 28.0 Å². The minimum Gasteiger partial charge on any atom is -0.481 e. The quantitative estimate of drug-likeness (QED) is 0.565. The van der Waals surface area contributed by atoms with Gasteiger partial charge in [0, 0.05) is 0 Å². The van der Waals surface area contributed by atoms with Gasteiger partial charge in [0.05, 0.1) is 18.4 Å². The monoisotopic (exact) mass is 429 g/mol. The van der Waals surface area contributed by atoms with Crippen LogP contribution in [0.3, 0.4) is 0 Å². The molecule has 0 saturated carbocycles. The van der Waals surface area contributed by atoms with Crippen molar-refractivity contribution in [2.45, 2.75) is 20.8 Å². The number of aryl methyl sites for hydroxylation is 2. The summed E-state index contributed by atoms with van der Waals surface area (Å²) in [6, 6.07) is 8.21. The topological polar surface area (TPSA) is 125 Å². The third-order valence-electron chi connectivity index (χ3n) is 3.84. The molecule has 1 amide bonds. The Morgan fingerprint density at radius 1 is 1.20 bits per heavy atom. The first-order valence-electron chi connectivity index (χ1n) is 8.99. The lowest BCUT2D eigenvalue weighted by molar-refractivity contribution is -0.118. The van der Waals surface area contributed by atoms with Gasteiger partial charge in [-0.15, -0.1) is 10.2 Å². The summed E-state index contributed by atoms with van der Waals surface area (Å²) in [6.45, 7) is 4.87. The predicted molar refractivity (Wildman–Crippen MR) is 109 cm³/mol. The van der Waals surface area contributed by atoms with E-state index in [-0.39, 0.29) is 18.1 Å². The van der Waals surface area contributed by atoms with Gasteiger partial charge >= 0.3 is 5.97 Å². The molecule has 0 aliphatic rings. The van der Waals surface area contributed by atoms with Crippen molar-refractivity contribution in [3.8, 4) is 11.4 Å². The average Bonchev–Trinajstić information content (AvgIpc) is 3.11. The van der Waals surface area contributed by atoms with Crippen molar-refractivity contribution in [3.63, 3.8) is 0 Å². The van der Waals surface area contributed by atoms with E-state index >= 15 is 0 Å². The number of carbonyl (C=O) groups excluding carboxylic acids is 2. The standard InChI is InChI=1S/C19H19N5O5S/c1-4-28-18(27)17-14(29-10-15(25)20-19-22-21-12(3)30-19)9-16(26)24(23-17)13-8-6-5-7-11(13)2/h5-9H,4,10H2,1-3H3,(H,20,22,25). The van der Waals surface area contributed by atoms with Crippen LogP contribution in [0.25, 0.3) is 5.69 Å². The zero-order valence-corrected chi connectivity index (χ0v) is 17.4. The van der Waals surface area contributed by atoms with E-state index in [2.05, 4.69) is 20.6 Å². The second kappa shape index (κ2) is 9.27. The Kier molecular flexibility index (Phi) is 6.52. The molecule has 30 heavy (non-hydrogen) atoms. The average molecular weight is 429 g/mol. The van der Waals surface area contributed by atoms with Gasteiger partial charge in [-0.3, -0.25) is 14.9 Å². The molecule has 1 N–H and O–H groups in total. The van der Waals surface area contributed by atoms with Crippen molar-refractivity contribution in [3.05, 3.63) is 57.0 Å². The van der Waals surface area contributed by atoms with Gasteiger partial charge in [-0.25, -0.2) is 4.79 Å². The van der Waals surface area contributed by atoms with E-state index in [0.29, 0.717) is 15.8 Å². The summed E-state index contributed by atoms with van der Waals surface area (Å²) in [7, 11) is 0. The van der Waals surface area contributed by atoms with E-state index in [1.807, 2.05) is 19.1 Å². The minimum absolute atomic E-state index is 0.111. The number of rotatable bonds is 7. The SMILES string of the molecule is CCOC(=O)c1nn(-c2ccccc2C)c(=O)cc1OCC(=O)Nc1nnc(C)s1. The third kappa shape index (κ3) is 4.87. The lowest BCUT2D eigenvalue weighted by atomic mass is 10.2. The maximum atomic E-state index is 12.6. The van der Waals surface area contributed by atoms with Gasteiger partial charge in [-0.1, -0.05) is 29.5 Å². The molecule has 11 heteroatoms. The molecule has 10 nitrogen and oxygen atoms in total. The molecule has 0 fully saturated rings. The summed E-state index contributed by atoms with van der Waals surface area (Å²) in [5.74, 6) is -1.44. The maximum absolute atomic E-state index is 12.6. The van der Waals surface area contributed by atoms with Crippen LogP contribution >= 0.6 is 11.3 Å². The lowest BCUT2D eigenvalue weighted by Crippen LogP contribution is -2.27. The summed E-state index contributed by atoms with van der Waals surface area (Å²) in [4.78, 5) is 37.1. The van der Waals surface area contributed by atoms with Gasteiger partial charge < -0.3 is 9.47 Å². The van der Waals surface area contributed by atoms with Crippen molar-refractivity contribution >= 4 is 28.3 Å². The number of nitrogens with zero attached hydrogens (tertiary/aromatic N) is 4. The molecule has 0 spiro atoms. The molecule has 0 radical (unpaired) electrons. The van der Waals surface area contributed by atoms with E-state index in [9.17, 15) is 14.4 Å². The Labute approximate surface area is 175 Å². The molecule has 2 heterocycles. The molecular weight excluding hydrogens is 410 g/mol. The zero-order valence-electron chi connectivity index (χ0n) is 16.5. The molecule has 0 unspecified atom stereocenters. The number of aromatic nitrogens is 4. The highest BCUT2D eigenvalue weighted by atomic mass is 32.1. The van der Waals surface area contributed by atoms with Gasteiger partial charge in [0.25, 0.3) is 11.5 Å². The fourth-order valence-corrected chi connectivity index (χ4v) is 3.12. The second-order valence-corrected chi connectivity index (χ2v) is 7.26. The largest absolute Gasteiger partial charge is 0.481 e. The van der Waals surface area contributed by atoms with E-state index in [0.717, 1.165) is 16.3 Å². The molecule has 1 aromatic carbocycles. The number of hydrogen-bond acceptors (Lipinski definition) is 9. The van der Waals surface area contributed by atoms with E-state index in [4.69, 9.17) is 9.47 Å². The van der Waals surface area contributed by atoms with Crippen molar-refractivity contribution in [2.24, 2.45) is 0 Å². The molecule has 0 saturated heterocycles. The Morgan fingerprint density at radius 3 is 2.63 bits per heavy atom. The maximum Gasteiger partial charge on any atom is 0.362 e. The van der Waals surface area contributed by atoms with Crippen molar-refractivity contribution in [1.82, 2.24) is 20.0 Å². The summed E-state index contributed by atoms with van der Waals surface area (Å²) in [6.07, 6.45) is 0. The van der Waals surface area contributed by atoms with Crippen LogP contribution in [0, 0.1) is 13.8 Å².